The zero-order valence-corrected chi connectivity index (χ0v) is 10.2. The van der Waals surface area contributed by atoms with Gasteiger partial charge in [0.15, 0.2) is 0 Å². The fourth-order valence-electron chi connectivity index (χ4n) is 2.18. The number of aromatic nitrogens is 1. The molecule has 0 radical (unpaired) electrons. The third-order valence-electron chi connectivity index (χ3n) is 2.84. The Hall–Kier alpha value is -1.48. The van der Waals surface area contributed by atoms with Gasteiger partial charge < -0.3 is 15.2 Å². The molecule has 0 spiro atoms. The van der Waals surface area contributed by atoms with E-state index in [1.807, 2.05) is 12.1 Å². The van der Waals surface area contributed by atoms with E-state index < -0.39 is 0 Å². The maximum absolute atomic E-state index is 6.04. The number of para-hydroxylation sites is 1. The fourth-order valence-corrected chi connectivity index (χ4v) is 2.18. The average Bonchev–Trinajstić information content (AvgIpc) is 2.57. The van der Waals surface area contributed by atoms with E-state index in [9.17, 15) is 0 Å². The molecule has 0 saturated carbocycles. The fraction of sp³-hybridized carbons (Fsp3) is 0.385. The first kappa shape index (κ1) is 11.0. The van der Waals surface area contributed by atoms with Crippen molar-refractivity contribution in [1.82, 2.24) is 9.47 Å². The van der Waals surface area contributed by atoms with Crippen molar-refractivity contribution in [3.05, 3.63) is 30.0 Å². The second-order valence-electron chi connectivity index (χ2n) is 4.42. The van der Waals surface area contributed by atoms with Crippen LogP contribution < -0.4 is 5.73 Å². The van der Waals surface area contributed by atoms with E-state index >= 15 is 0 Å². The summed E-state index contributed by atoms with van der Waals surface area (Å²) in [6.45, 7) is 4.05. The van der Waals surface area contributed by atoms with E-state index in [4.69, 9.17) is 5.73 Å². The molecule has 0 unspecified atom stereocenters. The van der Waals surface area contributed by atoms with E-state index in [0.29, 0.717) is 0 Å². The Kier molecular flexibility index (Phi) is 2.88. The standard InChI is InChI=1S/C13H19N3/c1-4-16-9-10(8-15(2)3)11-6-5-7-12(14)13(11)16/h5-7,9H,4,8,14H2,1-3H3. The van der Waals surface area contributed by atoms with Crippen molar-refractivity contribution in [3.63, 3.8) is 0 Å². The van der Waals surface area contributed by atoms with Gasteiger partial charge in [-0.15, -0.1) is 0 Å². The molecule has 2 rings (SSSR count). The topological polar surface area (TPSA) is 34.2 Å². The van der Waals surface area contributed by atoms with Crippen molar-refractivity contribution in [2.75, 3.05) is 19.8 Å². The quantitative estimate of drug-likeness (QED) is 0.800. The third kappa shape index (κ3) is 1.78. The van der Waals surface area contributed by atoms with Gasteiger partial charge >= 0.3 is 0 Å². The molecule has 1 aromatic carbocycles. The molecular formula is C13H19N3. The van der Waals surface area contributed by atoms with Gasteiger partial charge in [0.1, 0.15) is 0 Å². The summed E-state index contributed by atoms with van der Waals surface area (Å²) < 4.78 is 2.23. The van der Waals surface area contributed by atoms with E-state index in [-0.39, 0.29) is 0 Å². The lowest BCUT2D eigenvalue weighted by Gasteiger charge is -2.07. The summed E-state index contributed by atoms with van der Waals surface area (Å²) >= 11 is 0. The van der Waals surface area contributed by atoms with Gasteiger partial charge in [0, 0.05) is 24.7 Å². The zero-order valence-electron chi connectivity index (χ0n) is 10.2. The van der Waals surface area contributed by atoms with E-state index in [1.165, 1.54) is 16.5 Å². The second-order valence-corrected chi connectivity index (χ2v) is 4.42. The Morgan fingerprint density at radius 2 is 2.06 bits per heavy atom. The number of hydrogen-bond acceptors (Lipinski definition) is 2. The lowest BCUT2D eigenvalue weighted by Crippen LogP contribution is -2.10. The van der Waals surface area contributed by atoms with Gasteiger partial charge in [0.25, 0.3) is 0 Å². The molecule has 2 aromatic rings. The van der Waals surface area contributed by atoms with Gasteiger partial charge in [-0.2, -0.15) is 0 Å². The maximum atomic E-state index is 6.04. The molecule has 1 heterocycles. The molecule has 0 bridgehead atoms. The van der Waals surface area contributed by atoms with Crippen LogP contribution in [0.5, 0.6) is 0 Å². The molecule has 0 aliphatic rings. The highest BCUT2D eigenvalue weighted by Crippen LogP contribution is 2.26. The first-order valence-electron chi connectivity index (χ1n) is 5.64. The molecule has 2 N–H and O–H groups in total. The second kappa shape index (κ2) is 4.18. The minimum Gasteiger partial charge on any atom is -0.397 e. The van der Waals surface area contributed by atoms with Crippen molar-refractivity contribution in [2.45, 2.75) is 20.0 Å². The van der Waals surface area contributed by atoms with Crippen LogP contribution in [0, 0.1) is 0 Å². The summed E-state index contributed by atoms with van der Waals surface area (Å²) in [5.74, 6) is 0. The molecular weight excluding hydrogens is 198 g/mol. The first-order valence-corrected chi connectivity index (χ1v) is 5.64. The molecule has 16 heavy (non-hydrogen) atoms. The summed E-state index contributed by atoms with van der Waals surface area (Å²) in [5, 5.41) is 1.27. The molecule has 0 atom stereocenters. The predicted molar refractivity (Wildman–Crippen MR) is 69.4 cm³/mol. The average molecular weight is 217 g/mol. The summed E-state index contributed by atoms with van der Waals surface area (Å²) in [7, 11) is 4.17. The highest BCUT2D eigenvalue weighted by atomic mass is 15.1. The van der Waals surface area contributed by atoms with Gasteiger partial charge in [0.05, 0.1) is 11.2 Å². The number of nitrogens with two attached hydrogens (primary N) is 1. The van der Waals surface area contributed by atoms with Gasteiger partial charge in [-0.25, -0.2) is 0 Å². The Balaban J connectivity index is 2.63. The number of hydrogen-bond donors (Lipinski definition) is 1. The maximum Gasteiger partial charge on any atom is 0.0717 e. The van der Waals surface area contributed by atoms with Gasteiger partial charge in [-0.3, -0.25) is 0 Å². The summed E-state index contributed by atoms with van der Waals surface area (Å²) in [4.78, 5) is 2.18. The van der Waals surface area contributed by atoms with Crippen LogP contribution in [0.25, 0.3) is 10.9 Å². The Morgan fingerprint density at radius 3 is 2.69 bits per heavy atom. The largest absolute Gasteiger partial charge is 0.397 e. The molecule has 0 amide bonds. The molecule has 0 fully saturated rings. The van der Waals surface area contributed by atoms with Crippen LogP contribution in [0.4, 0.5) is 5.69 Å². The summed E-state index contributed by atoms with van der Waals surface area (Å²) in [5.41, 5.74) is 9.42. The number of nitrogens with zero attached hydrogens (tertiary/aromatic N) is 2. The minimum absolute atomic E-state index is 0.865. The van der Waals surface area contributed by atoms with Crippen LogP contribution in [0.1, 0.15) is 12.5 Å². The van der Waals surface area contributed by atoms with Gasteiger partial charge in [0.2, 0.25) is 0 Å². The van der Waals surface area contributed by atoms with Crippen molar-refractivity contribution < 1.29 is 0 Å². The number of anilines is 1. The lowest BCUT2D eigenvalue weighted by molar-refractivity contribution is 0.403. The summed E-state index contributed by atoms with van der Waals surface area (Å²) in [6, 6.07) is 6.14. The number of fused-ring (bicyclic) bond motifs is 1. The van der Waals surface area contributed by atoms with Crippen LogP contribution in [-0.4, -0.2) is 23.6 Å². The van der Waals surface area contributed by atoms with Gasteiger partial charge in [-0.1, -0.05) is 12.1 Å². The molecule has 0 aliphatic carbocycles. The smallest absolute Gasteiger partial charge is 0.0717 e. The molecule has 3 heteroatoms. The van der Waals surface area contributed by atoms with Crippen LogP contribution >= 0.6 is 0 Å². The first-order chi connectivity index (χ1) is 7.63. The van der Waals surface area contributed by atoms with Crippen molar-refractivity contribution >= 4 is 16.6 Å². The van der Waals surface area contributed by atoms with Crippen LogP contribution in [0.2, 0.25) is 0 Å². The van der Waals surface area contributed by atoms with E-state index in [0.717, 1.165) is 18.8 Å². The molecule has 86 valence electrons. The van der Waals surface area contributed by atoms with Gasteiger partial charge in [-0.05, 0) is 32.6 Å². The normalized spacial score (nSPS) is 11.5. The lowest BCUT2D eigenvalue weighted by atomic mass is 10.1. The summed E-state index contributed by atoms with van der Waals surface area (Å²) in [6.07, 6.45) is 2.21. The van der Waals surface area contributed by atoms with E-state index in [1.54, 1.807) is 0 Å². The van der Waals surface area contributed by atoms with Crippen molar-refractivity contribution in [1.29, 1.82) is 0 Å². The van der Waals surface area contributed by atoms with Crippen LogP contribution in [0.15, 0.2) is 24.4 Å². The highest BCUT2D eigenvalue weighted by Gasteiger charge is 2.10. The molecule has 0 saturated heterocycles. The van der Waals surface area contributed by atoms with Crippen molar-refractivity contribution in [2.24, 2.45) is 0 Å². The monoisotopic (exact) mass is 217 g/mol. The SMILES string of the molecule is CCn1cc(CN(C)C)c2cccc(N)c21. The van der Waals surface area contributed by atoms with E-state index in [2.05, 4.69) is 42.7 Å². The van der Waals surface area contributed by atoms with Crippen LogP contribution in [0.3, 0.4) is 0 Å². The van der Waals surface area contributed by atoms with Crippen molar-refractivity contribution in [3.8, 4) is 0 Å². The minimum atomic E-state index is 0.865. The van der Waals surface area contributed by atoms with Crippen LogP contribution in [-0.2, 0) is 13.1 Å². The highest BCUT2D eigenvalue weighted by molar-refractivity contribution is 5.93. The number of rotatable bonds is 3. The number of aryl methyl sites for hydroxylation is 1. The third-order valence-corrected chi connectivity index (χ3v) is 2.84. The molecule has 0 aliphatic heterocycles. The Bertz CT molecular complexity index is 497. The zero-order chi connectivity index (χ0) is 11.7. The Morgan fingerprint density at radius 1 is 1.31 bits per heavy atom. The predicted octanol–water partition coefficient (Wildman–Crippen LogP) is 2.31. The molecule has 1 aromatic heterocycles. The Labute approximate surface area is 96.5 Å². The number of nitrogen functional groups attached to an aromatic ring is 1. The number of benzene rings is 1. The molecule has 3 nitrogen and oxygen atoms in total.